The zero-order valence-electron chi connectivity index (χ0n) is 10.7. The van der Waals surface area contributed by atoms with Crippen molar-refractivity contribution in [3.63, 3.8) is 0 Å². The number of amides is 1. The highest BCUT2D eigenvalue weighted by Crippen LogP contribution is 2.19. The van der Waals surface area contributed by atoms with Gasteiger partial charge in [0.25, 0.3) is 0 Å². The summed E-state index contributed by atoms with van der Waals surface area (Å²) in [6, 6.07) is 17.9. The fourth-order valence-electron chi connectivity index (χ4n) is 1.99. The monoisotopic (exact) mass is 279 g/mol. The summed E-state index contributed by atoms with van der Waals surface area (Å²) < 4.78 is 0. The zero-order chi connectivity index (χ0) is 13.8. The molecule has 2 nitrogen and oxygen atoms in total. The summed E-state index contributed by atoms with van der Waals surface area (Å²) in [6.45, 7) is 0. The molecule has 3 aromatic rings. The molecule has 0 unspecified atom stereocenters. The summed E-state index contributed by atoms with van der Waals surface area (Å²) in [4.78, 5) is 12.9. The Labute approximate surface area is 121 Å². The first-order valence-corrected chi connectivity index (χ1v) is 7.21. The highest BCUT2D eigenvalue weighted by molar-refractivity contribution is 7.10. The molecule has 0 aliphatic rings. The first-order chi connectivity index (χ1) is 9.81. The molecule has 1 N–H and O–H groups in total. The van der Waals surface area contributed by atoms with Crippen LogP contribution in [0.1, 0.15) is 4.88 Å². The Morgan fingerprint density at radius 1 is 1.00 bits per heavy atom. The molecule has 0 radical (unpaired) electrons. The van der Waals surface area contributed by atoms with E-state index in [-0.39, 0.29) is 5.91 Å². The summed E-state index contributed by atoms with van der Waals surface area (Å²) in [5, 5.41) is 7.15. The smallest absolute Gasteiger partial charge is 0.248 e. The van der Waals surface area contributed by atoms with Crippen molar-refractivity contribution in [2.75, 3.05) is 5.32 Å². The van der Waals surface area contributed by atoms with E-state index in [9.17, 15) is 4.79 Å². The highest BCUT2D eigenvalue weighted by Gasteiger charge is 1.99. The van der Waals surface area contributed by atoms with E-state index in [1.807, 2.05) is 60.0 Å². The molecule has 0 aliphatic heterocycles. The Hall–Kier alpha value is -2.39. The zero-order valence-corrected chi connectivity index (χ0v) is 11.6. The van der Waals surface area contributed by atoms with Crippen LogP contribution in [-0.2, 0) is 4.79 Å². The van der Waals surface area contributed by atoms with Gasteiger partial charge < -0.3 is 5.32 Å². The number of hydrogen-bond donors (Lipinski definition) is 1. The molecular formula is C17H13NOS. The molecule has 1 heterocycles. The second-order valence-electron chi connectivity index (χ2n) is 4.40. The third-order valence-electron chi connectivity index (χ3n) is 2.96. The average Bonchev–Trinajstić information content (AvgIpc) is 2.98. The number of fused-ring (bicyclic) bond motifs is 1. The van der Waals surface area contributed by atoms with Crippen molar-refractivity contribution in [2.24, 2.45) is 0 Å². The van der Waals surface area contributed by atoms with Gasteiger partial charge in [-0.1, -0.05) is 36.4 Å². The lowest BCUT2D eigenvalue weighted by Gasteiger charge is -2.04. The summed E-state index contributed by atoms with van der Waals surface area (Å²) in [5.74, 6) is -0.117. The molecule has 20 heavy (non-hydrogen) atoms. The summed E-state index contributed by atoms with van der Waals surface area (Å²) >= 11 is 1.61. The van der Waals surface area contributed by atoms with Gasteiger partial charge in [-0.2, -0.15) is 0 Å². The number of benzene rings is 2. The van der Waals surface area contributed by atoms with Gasteiger partial charge in [-0.3, -0.25) is 4.79 Å². The number of hydrogen-bond acceptors (Lipinski definition) is 2. The van der Waals surface area contributed by atoms with Crippen LogP contribution < -0.4 is 5.32 Å². The minimum Gasteiger partial charge on any atom is -0.322 e. The second kappa shape index (κ2) is 5.72. The molecule has 0 atom stereocenters. The number of anilines is 1. The van der Waals surface area contributed by atoms with Gasteiger partial charge >= 0.3 is 0 Å². The molecule has 3 rings (SSSR count). The maximum Gasteiger partial charge on any atom is 0.248 e. The number of thiophene rings is 1. The summed E-state index contributed by atoms with van der Waals surface area (Å²) in [6.07, 6.45) is 3.38. The molecule has 0 aliphatic carbocycles. The predicted molar refractivity (Wildman–Crippen MR) is 85.9 cm³/mol. The third-order valence-corrected chi connectivity index (χ3v) is 3.80. The molecule has 0 saturated heterocycles. The summed E-state index contributed by atoms with van der Waals surface area (Å²) in [5.41, 5.74) is 0.810. The lowest BCUT2D eigenvalue weighted by atomic mass is 10.1. The molecule has 0 bridgehead atoms. The quantitative estimate of drug-likeness (QED) is 0.700. The fourth-order valence-corrected chi connectivity index (χ4v) is 2.61. The third kappa shape index (κ3) is 2.95. The number of nitrogens with one attached hydrogen (secondary N) is 1. The van der Waals surface area contributed by atoms with E-state index in [0.717, 1.165) is 16.0 Å². The van der Waals surface area contributed by atoms with E-state index in [1.165, 1.54) is 5.39 Å². The van der Waals surface area contributed by atoms with Crippen molar-refractivity contribution in [2.45, 2.75) is 0 Å². The topological polar surface area (TPSA) is 29.1 Å². The minimum atomic E-state index is -0.117. The largest absolute Gasteiger partial charge is 0.322 e. The van der Waals surface area contributed by atoms with Crippen molar-refractivity contribution in [1.29, 1.82) is 0 Å². The number of carbonyl (C=O) groups is 1. The van der Waals surface area contributed by atoms with Gasteiger partial charge in [0.1, 0.15) is 0 Å². The van der Waals surface area contributed by atoms with E-state index in [2.05, 4.69) is 11.4 Å². The average molecular weight is 279 g/mol. The molecule has 3 heteroatoms. The van der Waals surface area contributed by atoms with Crippen LogP contribution in [-0.4, -0.2) is 5.91 Å². The van der Waals surface area contributed by atoms with Crippen molar-refractivity contribution >= 4 is 39.8 Å². The Bertz CT molecular complexity index is 760. The van der Waals surface area contributed by atoms with Crippen molar-refractivity contribution in [1.82, 2.24) is 0 Å². The van der Waals surface area contributed by atoms with Crippen LogP contribution in [0.4, 0.5) is 5.69 Å². The van der Waals surface area contributed by atoms with Gasteiger partial charge in [-0.15, -0.1) is 11.3 Å². The molecule has 0 saturated carbocycles. The van der Waals surface area contributed by atoms with Gasteiger partial charge in [0.15, 0.2) is 0 Å². The van der Waals surface area contributed by atoms with Crippen LogP contribution in [0.5, 0.6) is 0 Å². The van der Waals surface area contributed by atoms with Crippen LogP contribution >= 0.6 is 11.3 Å². The highest BCUT2D eigenvalue weighted by atomic mass is 32.1. The van der Waals surface area contributed by atoms with Gasteiger partial charge in [0.2, 0.25) is 5.91 Å². The van der Waals surface area contributed by atoms with E-state index >= 15 is 0 Å². The first-order valence-electron chi connectivity index (χ1n) is 6.33. The van der Waals surface area contributed by atoms with Gasteiger partial charge in [0.05, 0.1) is 0 Å². The van der Waals surface area contributed by atoms with Crippen LogP contribution in [0.25, 0.3) is 16.8 Å². The van der Waals surface area contributed by atoms with Crippen molar-refractivity contribution < 1.29 is 4.79 Å². The lowest BCUT2D eigenvalue weighted by Crippen LogP contribution is -2.07. The second-order valence-corrected chi connectivity index (χ2v) is 5.38. The van der Waals surface area contributed by atoms with E-state index in [0.29, 0.717) is 0 Å². The van der Waals surface area contributed by atoms with Crippen LogP contribution in [0.2, 0.25) is 0 Å². The van der Waals surface area contributed by atoms with E-state index in [1.54, 1.807) is 17.4 Å². The van der Waals surface area contributed by atoms with Gasteiger partial charge in [-0.25, -0.2) is 0 Å². The Morgan fingerprint density at radius 3 is 2.65 bits per heavy atom. The molecule has 0 spiro atoms. The maximum atomic E-state index is 11.9. The molecular weight excluding hydrogens is 266 g/mol. The Kier molecular flexibility index (Phi) is 3.61. The molecule has 1 aromatic heterocycles. The van der Waals surface area contributed by atoms with Gasteiger partial charge in [0, 0.05) is 16.6 Å². The number of carbonyl (C=O) groups excluding carboxylic acids is 1. The normalized spacial score (nSPS) is 11.0. The molecule has 0 fully saturated rings. The molecule has 2 aromatic carbocycles. The molecule has 98 valence electrons. The first kappa shape index (κ1) is 12.6. The van der Waals surface area contributed by atoms with E-state index in [4.69, 9.17) is 0 Å². The van der Waals surface area contributed by atoms with Crippen molar-refractivity contribution in [3.8, 4) is 0 Å². The maximum absolute atomic E-state index is 11.9. The fraction of sp³-hybridized carbons (Fsp3) is 0. The van der Waals surface area contributed by atoms with Crippen LogP contribution in [0, 0.1) is 0 Å². The predicted octanol–water partition coefficient (Wildman–Crippen LogP) is 4.55. The standard InChI is InChI=1S/C17H13NOS/c19-17(10-9-16-6-3-11-20-16)18-15-8-7-13-4-1-2-5-14(13)12-15/h1-12H,(H,18,19)/b10-9+. The SMILES string of the molecule is O=C(/C=C/c1cccs1)Nc1ccc2ccccc2c1. The van der Waals surface area contributed by atoms with Crippen LogP contribution in [0.3, 0.4) is 0 Å². The Balaban J connectivity index is 1.74. The Morgan fingerprint density at radius 2 is 1.85 bits per heavy atom. The number of rotatable bonds is 3. The minimum absolute atomic E-state index is 0.117. The van der Waals surface area contributed by atoms with E-state index < -0.39 is 0 Å². The lowest BCUT2D eigenvalue weighted by molar-refractivity contribution is -0.111. The van der Waals surface area contributed by atoms with Crippen molar-refractivity contribution in [3.05, 3.63) is 70.9 Å². The van der Waals surface area contributed by atoms with Crippen LogP contribution in [0.15, 0.2) is 66.1 Å². The van der Waals surface area contributed by atoms with Gasteiger partial charge in [-0.05, 0) is 40.4 Å². The summed E-state index contributed by atoms with van der Waals surface area (Å²) in [7, 11) is 0. The molecule has 1 amide bonds.